The van der Waals surface area contributed by atoms with Crippen molar-refractivity contribution in [3.8, 4) is 22.8 Å². The number of rotatable bonds is 4. The van der Waals surface area contributed by atoms with Crippen LogP contribution in [0.25, 0.3) is 11.3 Å². The predicted octanol–water partition coefficient (Wildman–Crippen LogP) is 3.00. The van der Waals surface area contributed by atoms with Crippen LogP contribution in [0, 0.1) is 0 Å². The number of fused-ring (bicyclic) bond motifs is 1. The van der Waals surface area contributed by atoms with E-state index >= 15 is 0 Å². The van der Waals surface area contributed by atoms with Gasteiger partial charge >= 0.3 is 0 Å². The topological polar surface area (TPSA) is 73.6 Å². The predicted molar refractivity (Wildman–Crippen MR) is 85.7 cm³/mol. The van der Waals surface area contributed by atoms with E-state index in [0.717, 1.165) is 11.1 Å². The van der Waals surface area contributed by atoms with Crippen molar-refractivity contribution in [3.63, 3.8) is 0 Å². The molecule has 0 aliphatic carbocycles. The summed E-state index contributed by atoms with van der Waals surface area (Å²) in [5.41, 5.74) is 2.03. The van der Waals surface area contributed by atoms with Gasteiger partial charge in [-0.2, -0.15) is 0 Å². The van der Waals surface area contributed by atoms with E-state index in [-0.39, 0.29) is 18.4 Å². The second kappa shape index (κ2) is 6.08. The molecule has 4 rings (SSSR count). The maximum atomic E-state index is 12.2. The van der Waals surface area contributed by atoms with E-state index < -0.39 is 0 Å². The minimum Gasteiger partial charge on any atom is -0.454 e. The zero-order valence-electron chi connectivity index (χ0n) is 12.7. The number of hydrogen-bond acceptors (Lipinski definition) is 5. The molecule has 24 heavy (non-hydrogen) atoms. The number of amides is 1. The maximum Gasteiger partial charge on any atom is 0.273 e. The minimum absolute atomic E-state index is 0.211. The van der Waals surface area contributed by atoms with Crippen molar-refractivity contribution in [3.05, 3.63) is 65.9 Å². The summed E-state index contributed by atoms with van der Waals surface area (Å²) in [5, 5.41) is 6.65. The molecular weight excluding hydrogens is 308 g/mol. The SMILES string of the molecule is O=C(NCc1ccccc1)c1cc(-c2ccc3c(c2)OCO3)on1. The van der Waals surface area contributed by atoms with Gasteiger partial charge in [-0.05, 0) is 23.8 Å². The molecule has 120 valence electrons. The Bertz CT molecular complexity index is 874. The molecule has 2 aromatic carbocycles. The van der Waals surface area contributed by atoms with Gasteiger partial charge in [-0.3, -0.25) is 4.79 Å². The fourth-order valence-corrected chi connectivity index (χ4v) is 2.44. The Labute approximate surface area is 138 Å². The Balaban J connectivity index is 1.47. The lowest BCUT2D eigenvalue weighted by atomic mass is 10.1. The van der Waals surface area contributed by atoms with Crippen molar-refractivity contribution >= 4 is 5.91 Å². The monoisotopic (exact) mass is 322 g/mol. The highest BCUT2D eigenvalue weighted by Gasteiger charge is 2.17. The van der Waals surface area contributed by atoms with Crippen LogP contribution in [0.5, 0.6) is 11.5 Å². The van der Waals surface area contributed by atoms with Crippen LogP contribution in [-0.2, 0) is 6.54 Å². The van der Waals surface area contributed by atoms with E-state index in [1.165, 1.54) is 0 Å². The Hall–Kier alpha value is -3.28. The first kappa shape index (κ1) is 14.3. The summed E-state index contributed by atoms with van der Waals surface area (Å²) in [6, 6.07) is 16.7. The molecule has 2 heterocycles. The lowest BCUT2D eigenvalue weighted by Crippen LogP contribution is -2.22. The third-order valence-corrected chi connectivity index (χ3v) is 3.70. The lowest BCUT2D eigenvalue weighted by Gasteiger charge is -2.02. The van der Waals surface area contributed by atoms with E-state index in [9.17, 15) is 4.79 Å². The molecule has 0 radical (unpaired) electrons. The van der Waals surface area contributed by atoms with Crippen molar-refractivity contribution in [2.45, 2.75) is 6.54 Å². The molecule has 1 aliphatic heterocycles. The third kappa shape index (κ3) is 2.81. The van der Waals surface area contributed by atoms with Crippen LogP contribution in [0.2, 0.25) is 0 Å². The van der Waals surface area contributed by atoms with E-state index in [1.54, 1.807) is 18.2 Å². The molecule has 0 unspecified atom stereocenters. The van der Waals surface area contributed by atoms with Gasteiger partial charge in [0.2, 0.25) is 6.79 Å². The first-order valence-electron chi connectivity index (χ1n) is 7.48. The van der Waals surface area contributed by atoms with Crippen LogP contribution in [-0.4, -0.2) is 17.9 Å². The summed E-state index contributed by atoms with van der Waals surface area (Å²) < 4.78 is 15.9. The lowest BCUT2D eigenvalue weighted by molar-refractivity contribution is 0.0942. The summed E-state index contributed by atoms with van der Waals surface area (Å²) >= 11 is 0. The molecule has 3 aromatic rings. The van der Waals surface area contributed by atoms with Crippen LogP contribution in [0.1, 0.15) is 16.1 Å². The molecule has 0 spiro atoms. The zero-order chi connectivity index (χ0) is 16.4. The van der Waals surface area contributed by atoms with Gasteiger partial charge in [-0.1, -0.05) is 35.5 Å². The quantitative estimate of drug-likeness (QED) is 0.799. The van der Waals surface area contributed by atoms with Crippen molar-refractivity contribution in [2.75, 3.05) is 6.79 Å². The molecule has 0 saturated carbocycles. The highest BCUT2D eigenvalue weighted by atomic mass is 16.7. The fourth-order valence-electron chi connectivity index (χ4n) is 2.44. The standard InChI is InChI=1S/C18H14N2O4/c21-18(19-10-12-4-2-1-3-5-12)14-9-16(24-20-14)13-6-7-15-17(8-13)23-11-22-15/h1-9H,10-11H2,(H,19,21). The van der Waals surface area contributed by atoms with Gasteiger partial charge < -0.3 is 19.3 Å². The summed E-state index contributed by atoms with van der Waals surface area (Å²) in [6.45, 7) is 0.647. The number of hydrogen-bond donors (Lipinski definition) is 1. The van der Waals surface area contributed by atoms with Gasteiger partial charge in [0.25, 0.3) is 5.91 Å². The second-order valence-electron chi connectivity index (χ2n) is 5.31. The van der Waals surface area contributed by atoms with Crippen LogP contribution in [0.4, 0.5) is 0 Å². The van der Waals surface area contributed by atoms with Crippen molar-refractivity contribution in [1.82, 2.24) is 10.5 Å². The van der Waals surface area contributed by atoms with Gasteiger partial charge in [0, 0.05) is 18.2 Å². The van der Waals surface area contributed by atoms with Gasteiger partial charge in [-0.25, -0.2) is 0 Å². The summed E-state index contributed by atoms with van der Waals surface area (Å²) in [6.07, 6.45) is 0. The highest BCUT2D eigenvalue weighted by Crippen LogP contribution is 2.35. The number of carbonyl (C=O) groups excluding carboxylic acids is 1. The number of nitrogens with one attached hydrogen (secondary N) is 1. The van der Waals surface area contributed by atoms with E-state index in [4.69, 9.17) is 14.0 Å². The van der Waals surface area contributed by atoms with Gasteiger partial charge in [0.15, 0.2) is 23.0 Å². The van der Waals surface area contributed by atoms with E-state index in [2.05, 4.69) is 10.5 Å². The Morgan fingerprint density at radius 3 is 2.75 bits per heavy atom. The molecule has 0 fully saturated rings. The normalized spacial score (nSPS) is 12.2. The molecule has 6 heteroatoms. The second-order valence-corrected chi connectivity index (χ2v) is 5.31. The van der Waals surface area contributed by atoms with Crippen molar-refractivity contribution in [2.24, 2.45) is 0 Å². The number of carbonyl (C=O) groups is 1. The molecule has 6 nitrogen and oxygen atoms in total. The van der Waals surface area contributed by atoms with Gasteiger partial charge in [-0.15, -0.1) is 0 Å². The van der Waals surface area contributed by atoms with Gasteiger partial charge in [0.1, 0.15) is 0 Å². The fraction of sp³-hybridized carbons (Fsp3) is 0.111. The number of ether oxygens (including phenoxy) is 2. The smallest absolute Gasteiger partial charge is 0.273 e. The highest BCUT2D eigenvalue weighted by molar-refractivity contribution is 5.93. The Morgan fingerprint density at radius 2 is 1.88 bits per heavy atom. The van der Waals surface area contributed by atoms with Crippen LogP contribution < -0.4 is 14.8 Å². The van der Waals surface area contributed by atoms with Crippen molar-refractivity contribution < 1.29 is 18.8 Å². The zero-order valence-corrected chi connectivity index (χ0v) is 12.7. The molecular formula is C18H14N2O4. The number of benzene rings is 2. The number of aromatic nitrogens is 1. The van der Waals surface area contributed by atoms with Gasteiger partial charge in [0.05, 0.1) is 0 Å². The Kier molecular flexibility index (Phi) is 3.63. The van der Waals surface area contributed by atoms with Crippen LogP contribution in [0.15, 0.2) is 59.1 Å². The average molecular weight is 322 g/mol. The Morgan fingerprint density at radius 1 is 1.04 bits per heavy atom. The average Bonchev–Trinajstić information content (AvgIpc) is 3.29. The third-order valence-electron chi connectivity index (χ3n) is 3.70. The molecule has 1 aromatic heterocycles. The largest absolute Gasteiger partial charge is 0.454 e. The van der Waals surface area contributed by atoms with E-state index in [0.29, 0.717) is 23.8 Å². The first-order chi connectivity index (χ1) is 11.8. The molecule has 0 atom stereocenters. The molecule has 1 amide bonds. The van der Waals surface area contributed by atoms with Crippen LogP contribution >= 0.6 is 0 Å². The molecule has 0 bridgehead atoms. The summed E-state index contributed by atoms with van der Waals surface area (Å²) in [5.74, 6) is 1.56. The molecule has 0 saturated heterocycles. The first-order valence-corrected chi connectivity index (χ1v) is 7.48. The van der Waals surface area contributed by atoms with Crippen molar-refractivity contribution in [1.29, 1.82) is 0 Å². The summed E-state index contributed by atoms with van der Waals surface area (Å²) in [4.78, 5) is 12.2. The van der Waals surface area contributed by atoms with Crippen LogP contribution in [0.3, 0.4) is 0 Å². The van der Waals surface area contributed by atoms with E-state index in [1.807, 2.05) is 36.4 Å². The molecule has 1 aliphatic rings. The maximum absolute atomic E-state index is 12.2. The molecule has 1 N–H and O–H groups in total. The summed E-state index contributed by atoms with van der Waals surface area (Å²) in [7, 11) is 0. The number of nitrogens with zero attached hydrogens (tertiary/aromatic N) is 1. The minimum atomic E-state index is -0.283.